The molecule has 0 radical (unpaired) electrons. The summed E-state index contributed by atoms with van der Waals surface area (Å²) in [5.41, 5.74) is 0.233. The molecule has 0 bridgehead atoms. The Morgan fingerprint density at radius 2 is 2.11 bits per heavy atom. The molecule has 106 valence electrons. The average Bonchev–Trinajstić information content (AvgIpc) is 3.17. The van der Waals surface area contributed by atoms with E-state index in [4.69, 9.17) is 9.47 Å². The summed E-state index contributed by atoms with van der Waals surface area (Å²) in [4.78, 5) is 0. The van der Waals surface area contributed by atoms with Gasteiger partial charge in [0.25, 0.3) is 0 Å². The van der Waals surface area contributed by atoms with Gasteiger partial charge in [-0.15, -0.1) is 0 Å². The predicted octanol–water partition coefficient (Wildman–Crippen LogP) is 2.10. The van der Waals surface area contributed by atoms with Gasteiger partial charge in [0.05, 0.1) is 12.7 Å². The number of ether oxygens (including phenoxy) is 2. The summed E-state index contributed by atoms with van der Waals surface area (Å²) in [5.74, 6) is 1.62. The zero-order valence-corrected chi connectivity index (χ0v) is 11.9. The molecule has 0 atom stereocenters. The Morgan fingerprint density at radius 3 is 2.68 bits per heavy atom. The Morgan fingerprint density at radius 1 is 1.37 bits per heavy atom. The summed E-state index contributed by atoms with van der Waals surface area (Å²) in [6.45, 7) is 4.51. The Balaban J connectivity index is 2.05. The minimum absolute atomic E-state index is 0.274. The molecular weight excluding hydrogens is 242 g/mol. The number of aliphatic hydroxyl groups is 1. The van der Waals surface area contributed by atoms with Crippen LogP contribution in [0.2, 0.25) is 0 Å². The van der Waals surface area contributed by atoms with Gasteiger partial charge in [-0.3, -0.25) is 0 Å². The average molecular weight is 265 g/mol. The Kier molecular flexibility index (Phi) is 4.32. The lowest BCUT2D eigenvalue weighted by Gasteiger charge is -2.20. The molecule has 0 spiro atoms. The summed E-state index contributed by atoms with van der Waals surface area (Å²) >= 11 is 0. The fourth-order valence-corrected chi connectivity index (χ4v) is 1.76. The number of rotatable bonds is 7. The van der Waals surface area contributed by atoms with Crippen molar-refractivity contribution in [2.45, 2.75) is 44.9 Å². The van der Waals surface area contributed by atoms with Crippen molar-refractivity contribution in [1.29, 1.82) is 0 Å². The van der Waals surface area contributed by atoms with Crippen molar-refractivity contribution in [3.8, 4) is 11.5 Å². The zero-order valence-electron chi connectivity index (χ0n) is 11.9. The van der Waals surface area contributed by atoms with E-state index in [1.54, 1.807) is 21.0 Å². The minimum Gasteiger partial charge on any atom is -0.497 e. The number of hydrogen-bond acceptors (Lipinski definition) is 4. The molecule has 0 aromatic heterocycles. The molecule has 2 rings (SSSR count). The van der Waals surface area contributed by atoms with Gasteiger partial charge in [-0.25, -0.2) is 0 Å². The summed E-state index contributed by atoms with van der Waals surface area (Å²) in [6, 6.07) is 6.40. The molecular formula is C15H23NO3. The standard InChI is InChI=1S/C15H23NO3/c1-15(2,17)10-19-14-7-6-13(18-3)8-11(14)9-16-12-4-5-12/h6-8,12,16-17H,4-5,9-10H2,1-3H3. The summed E-state index contributed by atoms with van der Waals surface area (Å²) in [7, 11) is 1.66. The first-order valence-electron chi connectivity index (χ1n) is 6.73. The smallest absolute Gasteiger partial charge is 0.124 e. The van der Waals surface area contributed by atoms with E-state index in [0.29, 0.717) is 6.04 Å². The predicted molar refractivity (Wildman–Crippen MR) is 74.6 cm³/mol. The molecule has 1 saturated carbocycles. The van der Waals surface area contributed by atoms with Crippen LogP contribution in [0.5, 0.6) is 11.5 Å². The lowest BCUT2D eigenvalue weighted by molar-refractivity contribution is 0.0281. The van der Waals surface area contributed by atoms with Gasteiger partial charge in [0.1, 0.15) is 18.1 Å². The number of methoxy groups -OCH3 is 1. The van der Waals surface area contributed by atoms with Crippen molar-refractivity contribution in [3.63, 3.8) is 0 Å². The molecule has 1 fully saturated rings. The third-order valence-electron chi connectivity index (χ3n) is 3.01. The number of nitrogens with one attached hydrogen (secondary N) is 1. The first kappa shape index (κ1) is 14.2. The molecule has 0 aliphatic heterocycles. The van der Waals surface area contributed by atoms with Crippen LogP contribution in [0.25, 0.3) is 0 Å². The van der Waals surface area contributed by atoms with E-state index in [1.807, 2.05) is 18.2 Å². The van der Waals surface area contributed by atoms with Crippen molar-refractivity contribution < 1.29 is 14.6 Å². The third-order valence-corrected chi connectivity index (χ3v) is 3.01. The van der Waals surface area contributed by atoms with Crippen molar-refractivity contribution in [1.82, 2.24) is 5.32 Å². The second-order valence-electron chi connectivity index (χ2n) is 5.73. The van der Waals surface area contributed by atoms with E-state index in [0.717, 1.165) is 23.6 Å². The quantitative estimate of drug-likeness (QED) is 0.792. The van der Waals surface area contributed by atoms with Crippen LogP contribution in [-0.4, -0.2) is 30.5 Å². The summed E-state index contributed by atoms with van der Waals surface area (Å²) in [5, 5.41) is 13.2. The molecule has 0 saturated heterocycles. The van der Waals surface area contributed by atoms with Gasteiger partial charge in [0, 0.05) is 18.2 Å². The lowest BCUT2D eigenvalue weighted by Crippen LogP contribution is -2.28. The highest BCUT2D eigenvalue weighted by Gasteiger charge is 2.21. The number of hydrogen-bond donors (Lipinski definition) is 2. The zero-order chi connectivity index (χ0) is 13.9. The topological polar surface area (TPSA) is 50.7 Å². The first-order valence-corrected chi connectivity index (χ1v) is 6.73. The van der Waals surface area contributed by atoms with Crippen LogP contribution in [0, 0.1) is 0 Å². The van der Waals surface area contributed by atoms with Crippen molar-refractivity contribution in [2.24, 2.45) is 0 Å². The maximum atomic E-state index is 9.73. The molecule has 0 unspecified atom stereocenters. The SMILES string of the molecule is COc1ccc(OCC(C)(C)O)c(CNC2CC2)c1. The molecule has 0 heterocycles. The Bertz CT molecular complexity index is 422. The maximum absolute atomic E-state index is 9.73. The molecule has 0 amide bonds. The molecule has 1 aliphatic carbocycles. The maximum Gasteiger partial charge on any atom is 0.124 e. The van der Waals surface area contributed by atoms with Crippen LogP contribution in [0.1, 0.15) is 32.3 Å². The van der Waals surface area contributed by atoms with Gasteiger partial charge in [0.15, 0.2) is 0 Å². The second-order valence-corrected chi connectivity index (χ2v) is 5.73. The summed E-state index contributed by atoms with van der Waals surface area (Å²) in [6.07, 6.45) is 2.51. The molecule has 4 heteroatoms. The van der Waals surface area contributed by atoms with Gasteiger partial charge in [-0.1, -0.05) is 0 Å². The van der Waals surface area contributed by atoms with Crippen LogP contribution in [0.15, 0.2) is 18.2 Å². The fourth-order valence-electron chi connectivity index (χ4n) is 1.76. The number of benzene rings is 1. The van der Waals surface area contributed by atoms with E-state index < -0.39 is 5.60 Å². The van der Waals surface area contributed by atoms with Crippen LogP contribution in [0.3, 0.4) is 0 Å². The van der Waals surface area contributed by atoms with E-state index in [2.05, 4.69) is 5.32 Å². The van der Waals surface area contributed by atoms with Gasteiger partial charge in [-0.05, 0) is 44.9 Å². The monoisotopic (exact) mass is 265 g/mol. The molecule has 19 heavy (non-hydrogen) atoms. The minimum atomic E-state index is -0.832. The second kappa shape index (κ2) is 5.80. The van der Waals surface area contributed by atoms with Crippen molar-refractivity contribution in [3.05, 3.63) is 23.8 Å². The molecule has 1 aliphatic rings. The van der Waals surface area contributed by atoms with Crippen molar-refractivity contribution >= 4 is 0 Å². The molecule has 1 aromatic carbocycles. The fraction of sp³-hybridized carbons (Fsp3) is 0.600. The van der Waals surface area contributed by atoms with E-state index in [-0.39, 0.29) is 6.61 Å². The largest absolute Gasteiger partial charge is 0.497 e. The van der Waals surface area contributed by atoms with Crippen LogP contribution in [0.4, 0.5) is 0 Å². The lowest BCUT2D eigenvalue weighted by atomic mass is 10.1. The first-order chi connectivity index (χ1) is 8.98. The van der Waals surface area contributed by atoms with Gasteiger partial charge in [0.2, 0.25) is 0 Å². The highest BCUT2D eigenvalue weighted by atomic mass is 16.5. The van der Waals surface area contributed by atoms with Crippen molar-refractivity contribution in [2.75, 3.05) is 13.7 Å². The molecule has 4 nitrogen and oxygen atoms in total. The summed E-state index contributed by atoms with van der Waals surface area (Å²) < 4.78 is 11.0. The molecule has 2 N–H and O–H groups in total. The Hall–Kier alpha value is -1.26. The molecule has 1 aromatic rings. The van der Waals surface area contributed by atoms with Crippen LogP contribution < -0.4 is 14.8 Å². The van der Waals surface area contributed by atoms with E-state index in [1.165, 1.54) is 12.8 Å². The van der Waals surface area contributed by atoms with Crippen LogP contribution in [-0.2, 0) is 6.54 Å². The van der Waals surface area contributed by atoms with E-state index >= 15 is 0 Å². The highest BCUT2D eigenvalue weighted by molar-refractivity contribution is 5.40. The van der Waals surface area contributed by atoms with E-state index in [9.17, 15) is 5.11 Å². The van der Waals surface area contributed by atoms with Gasteiger partial charge in [-0.2, -0.15) is 0 Å². The normalized spacial score (nSPS) is 15.4. The van der Waals surface area contributed by atoms with Gasteiger partial charge < -0.3 is 19.9 Å². The van der Waals surface area contributed by atoms with Crippen LogP contribution >= 0.6 is 0 Å². The third kappa shape index (κ3) is 4.73. The van der Waals surface area contributed by atoms with Gasteiger partial charge >= 0.3 is 0 Å². The highest BCUT2D eigenvalue weighted by Crippen LogP contribution is 2.26. The Labute approximate surface area is 114 Å².